The molecule has 2 aromatic carbocycles. The second kappa shape index (κ2) is 5.88. The lowest BCUT2D eigenvalue weighted by Crippen LogP contribution is -2.17. The number of nitrogens with one attached hydrogen (secondary N) is 2. The second-order valence-corrected chi connectivity index (χ2v) is 4.92. The number of halogens is 1. The third-order valence-electron chi connectivity index (χ3n) is 3.48. The Labute approximate surface area is 117 Å². The molecule has 0 unspecified atom stereocenters. The smallest absolute Gasteiger partial charge is 0.126 e. The highest BCUT2D eigenvalue weighted by Crippen LogP contribution is 2.14. The minimum Gasteiger partial charge on any atom is -0.361 e. The van der Waals surface area contributed by atoms with Gasteiger partial charge in [0.15, 0.2) is 0 Å². The second-order valence-electron chi connectivity index (χ2n) is 4.92. The molecular formula is C17H17FN2. The molecule has 0 aliphatic heterocycles. The average Bonchev–Trinajstić information content (AvgIpc) is 2.93. The first kappa shape index (κ1) is 12.9. The topological polar surface area (TPSA) is 27.8 Å². The maximum absolute atomic E-state index is 13.4. The minimum atomic E-state index is -0.122. The molecular weight excluding hydrogens is 251 g/mol. The Kier molecular flexibility index (Phi) is 3.79. The summed E-state index contributed by atoms with van der Waals surface area (Å²) >= 11 is 0. The monoisotopic (exact) mass is 268 g/mol. The summed E-state index contributed by atoms with van der Waals surface area (Å²) in [6.45, 7) is 1.57. The van der Waals surface area contributed by atoms with E-state index < -0.39 is 0 Å². The fourth-order valence-corrected chi connectivity index (χ4v) is 2.37. The first-order valence-corrected chi connectivity index (χ1v) is 6.83. The summed E-state index contributed by atoms with van der Waals surface area (Å²) < 4.78 is 13.4. The maximum Gasteiger partial charge on any atom is 0.126 e. The molecule has 102 valence electrons. The Balaban J connectivity index is 1.53. The molecule has 1 heterocycles. The fourth-order valence-electron chi connectivity index (χ4n) is 2.37. The highest BCUT2D eigenvalue weighted by atomic mass is 19.1. The number of fused-ring (bicyclic) bond motifs is 1. The first-order chi connectivity index (χ1) is 9.83. The van der Waals surface area contributed by atoms with Crippen LogP contribution in [0.4, 0.5) is 4.39 Å². The summed E-state index contributed by atoms with van der Waals surface area (Å²) in [7, 11) is 0. The highest BCUT2D eigenvalue weighted by molar-refractivity contribution is 5.79. The largest absolute Gasteiger partial charge is 0.361 e. The molecule has 0 aliphatic carbocycles. The molecule has 3 aromatic rings. The van der Waals surface area contributed by atoms with E-state index in [-0.39, 0.29) is 5.82 Å². The maximum atomic E-state index is 13.4. The van der Waals surface area contributed by atoms with Crippen LogP contribution in [0.1, 0.15) is 11.1 Å². The van der Waals surface area contributed by atoms with Gasteiger partial charge in [0, 0.05) is 18.3 Å². The average molecular weight is 268 g/mol. The van der Waals surface area contributed by atoms with Gasteiger partial charge < -0.3 is 10.3 Å². The van der Waals surface area contributed by atoms with E-state index in [1.165, 1.54) is 17.0 Å². The lowest BCUT2D eigenvalue weighted by Gasteiger charge is -2.06. The zero-order valence-corrected chi connectivity index (χ0v) is 11.2. The van der Waals surface area contributed by atoms with Gasteiger partial charge in [-0.1, -0.05) is 24.3 Å². The molecule has 0 radical (unpaired) electrons. The van der Waals surface area contributed by atoms with Crippen molar-refractivity contribution in [2.45, 2.75) is 13.0 Å². The number of aromatic amines is 1. The van der Waals surface area contributed by atoms with Crippen molar-refractivity contribution in [2.24, 2.45) is 0 Å². The number of hydrogen-bond acceptors (Lipinski definition) is 1. The van der Waals surface area contributed by atoms with Crippen molar-refractivity contribution in [1.82, 2.24) is 10.3 Å². The van der Waals surface area contributed by atoms with Gasteiger partial charge in [-0.05, 0) is 53.7 Å². The van der Waals surface area contributed by atoms with Crippen LogP contribution >= 0.6 is 0 Å². The lowest BCUT2D eigenvalue weighted by atomic mass is 10.1. The Bertz CT molecular complexity index is 703. The SMILES string of the molecule is Fc1ccccc1CCNCc1ccc2[nH]ccc2c1. The van der Waals surface area contributed by atoms with Gasteiger partial charge in [0.05, 0.1) is 0 Å². The number of benzene rings is 2. The van der Waals surface area contributed by atoms with Crippen LogP contribution in [0, 0.1) is 5.82 Å². The van der Waals surface area contributed by atoms with Crippen molar-refractivity contribution >= 4 is 10.9 Å². The van der Waals surface area contributed by atoms with Crippen molar-refractivity contribution in [1.29, 1.82) is 0 Å². The van der Waals surface area contributed by atoms with Crippen LogP contribution in [0.2, 0.25) is 0 Å². The third-order valence-corrected chi connectivity index (χ3v) is 3.48. The fraction of sp³-hybridized carbons (Fsp3) is 0.176. The zero-order chi connectivity index (χ0) is 13.8. The number of aromatic nitrogens is 1. The summed E-state index contributed by atoms with van der Waals surface area (Å²) in [6.07, 6.45) is 2.65. The molecule has 0 spiro atoms. The van der Waals surface area contributed by atoms with Crippen molar-refractivity contribution < 1.29 is 4.39 Å². The molecule has 2 N–H and O–H groups in total. The van der Waals surface area contributed by atoms with E-state index in [9.17, 15) is 4.39 Å². The van der Waals surface area contributed by atoms with Gasteiger partial charge in [-0.2, -0.15) is 0 Å². The molecule has 0 fully saturated rings. The van der Waals surface area contributed by atoms with Crippen molar-refractivity contribution in [3.8, 4) is 0 Å². The van der Waals surface area contributed by atoms with Gasteiger partial charge in [0.1, 0.15) is 5.82 Å². The number of rotatable bonds is 5. The zero-order valence-electron chi connectivity index (χ0n) is 11.2. The summed E-state index contributed by atoms with van der Waals surface area (Å²) in [6, 6.07) is 15.4. The minimum absolute atomic E-state index is 0.122. The van der Waals surface area contributed by atoms with Crippen LogP contribution in [0.5, 0.6) is 0 Å². The molecule has 20 heavy (non-hydrogen) atoms. The van der Waals surface area contributed by atoms with Crippen LogP contribution in [-0.2, 0) is 13.0 Å². The van der Waals surface area contributed by atoms with Gasteiger partial charge in [-0.3, -0.25) is 0 Å². The van der Waals surface area contributed by atoms with Crippen molar-refractivity contribution in [3.05, 3.63) is 71.7 Å². The van der Waals surface area contributed by atoms with Crippen LogP contribution in [0.25, 0.3) is 10.9 Å². The predicted molar refractivity (Wildman–Crippen MR) is 80.1 cm³/mol. The van der Waals surface area contributed by atoms with Crippen LogP contribution in [-0.4, -0.2) is 11.5 Å². The summed E-state index contributed by atoms with van der Waals surface area (Å²) in [5.41, 5.74) is 3.16. The van der Waals surface area contributed by atoms with E-state index in [0.29, 0.717) is 6.42 Å². The van der Waals surface area contributed by atoms with Crippen LogP contribution < -0.4 is 5.32 Å². The van der Waals surface area contributed by atoms with Gasteiger partial charge in [-0.15, -0.1) is 0 Å². The van der Waals surface area contributed by atoms with E-state index in [1.54, 1.807) is 6.07 Å². The third kappa shape index (κ3) is 2.89. The van der Waals surface area contributed by atoms with Crippen molar-refractivity contribution in [3.63, 3.8) is 0 Å². The quantitative estimate of drug-likeness (QED) is 0.679. The number of H-pyrrole nitrogens is 1. The molecule has 3 rings (SSSR count). The Morgan fingerprint density at radius 1 is 1.05 bits per heavy atom. The Morgan fingerprint density at radius 2 is 1.95 bits per heavy atom. The Morgan fingerprint density at radius 3 is 2.85 bits per heavy atom. The van der Waals surface area contributed by atoms with Gasteiger partial charge in [-0.25, -0.2) is 4.39 Å². The summed E-state index contributed by atoms with van der Waals surface area (Å²) in [5, 5.41) is 4.58. The lowest BCUT2D eigenvalue weighted by molar-refractivity contribution is 0.598. The summed E-state index contributed by atoms with van der Waals surface area (Å²) in [4.78, 5) is 3.18. The molecule has 0 bridgehead atoms. The van der Waals surface area contributed by atoms with Crippen LogP contribution in [0.3, 0.4) is 0 Å². The molecule has 1 aromatic heterocycles. The molecule has 3 heteroatoms. The molecule has 2 nitrogen and oxygen atoms in total. The van der Waals surface area contributed by atoms with E-state index in [4.69, 9.17) is 0 Å². The standard InChI is InChI=1S/C17H17FN2/c18-16-4-2-1-3-14(16)7-9-19-12-13-5-6-17-15(11-13)8-10-20-17/h1-6,8,10-11,19-20H,7,9,12H2. The molecule has 0 aliphatic rings. The molecule has 0 saturated carbocycles. The van der Waals surface area contributed by atoms with Gasteiger partial charge >= 0.3 is 0 Å². The summed E-state index contributed by atoms with van der Waals surface area (Å²) in [5.74, 6) is -0.122. The van der Waals surface area contributed by atoms with Crippen molar-refractivity contribution in [2.75, 3.05) is 6.54 Å². The van der Waals surface area contributed by atoms with Gasteiger partial charge in [0.2, 0.25) is 0 Å². The predicted octanol–water partition coefficient (Wildman–Crippen LogP) is 3.64. The van der Waals surface area contributed by atoms with E-state index >= 15 is 0 Å². The number of hydrogen-bond donors (Lipinski definition) is 2. The van der Waals surface area contributed by atoms with E-state index in [2.05, 4.69) is 34.6 Å². The first-order valence-electron chi connectivity index (χ1n) is 6.83. The van der Waals surface area contributed by atoms with Gasteiger partial charge in [0.25, 0.3) is 0 Å². The molecule has 0 saturated heterocycles. The highest BCUT2D eigenvalue weighted by Gasteiger charge is 2.00. The van der Waals surface area contributed by atoms with Crippen LogP contribution in [0.15, 0.2) is 54.7 Å². The van der Waals surface area contributed by atoms with E-state index in [1.807, 2.05) is 18.3 Å². The molecule has 0 atom stereocenters. The van der Waals surface area contributed by atoms with E-state index in [0.717, 1.165) is 24.2 Å². The molecule has 0 amide bonds. The Hall–Kier alpha value is -2.13. The normalized spacial score (nSPS) is 11.1.